The maximum absolute atomic E-state index is 12.8. The first-order valence-corrected chi connectivity index (χ1v) is 8.94. The second-order valence-corrected chi connectivity index (χ2v) is 7.32. The number of amides is 1. The highest BCUT2D eigenvalue weighted by Crippen LogP contribution is 2.41. The van der Waals surface area contributed by atoms with E-state index in [2.05, 4.69) is 36.3 Å². The summed E-state index contributed by atoms with van der Waals surface area (Å²) in [6.07, 6.45) is 5.64. The number of aromatic nitrogens is 1. The molecular weight excluding hydrogens is 300 g/mol. The van der Waals surface area contributed by atoms with Gasteiger partial charge in [-0.3, -0.25) is 4.79 Å². The molecule has 2 saturated carbocycles. The fourth-order valence-corrected chi connectivity index (χ4v) is 3.89. The summed E-state index contributed by atoms with van der Waals surface area (Å²) >= 11 is 0. The summed E-state index contributed by atoms with van der Waals surface area (Å²) in [6, 6.07) is 10.8. The van der Waals surface area contributed by atoms with E-state index in [9.17, 15) is 4.79 Å². The van der Waals surface area contributed by atoms with Crippen LogP contribution in [0.2, 0.25) is 0 Å². The summed E-state index contributed by atoms with van der Waals surface area (Å²) < 4.78 is 5.35. The zero-order valence-corrected chi connectivity index (χ0v) is 14.4. The molecule has 2 aromatic rings. The monoisotopic (exact) mass is 324 g/mol. The summed E-state index contributed by atoms with van der Waals surface area (Å²) in [6.45, 7) is 2.10. The molecule has 0 N–H and O–H groups in total. The van der Waals surface area contributed by atoms with Crippen molar-refractivity contribution in [2.75, 3.05) is 7.05 Å². The molecule has 1 amide bonds. The largest absolute Gasteiger partial charge is 0.360 e. The van der Waals surface area contributed by atoms with Gasteiger partial charge in [0.25, 0.3) is 5.91 Å². The molecule has 4 rings (SSSR count). The Morgan fingerprint density at radius 3 is 2.62 bits per heavy atom. The molecule has 0 unspecified atom stereocenters. The van der Waals surface area contributed by atoms with Crippen molar-refractivity contribution < 1.29 is 9.32 Å². The smallest absolute Gasteiger partial charge is 0.276 e. The van der Waals surface area contributed by atoms with E-state index in [1.807, 2.05) is 18.0 Å². The van der Waals surface area contributed by atoms with E-state index in [1.165, 1.54) is 11.1 Å². The van der Waals surface area contributed by atoms with Gasteiger partial charge in [-0.15, -0.1) is 0 Å². The average Bonchev–Trinajstić information content (AvgIpc) is 3.13. The lowest BCUT2D eigenvalue weighted by Crippen LogP contribution is -2.38. The Bertz CT molecular complexity index is 730. The van der Waals surface area contributed by atoms with Crippen molar-refractivity contribution in [3.8, 4) is 0 Å². The number of rotatable bonds is 4. The fourth-order valence-electron chi connectivity index (χ4n) is 3.89. The van der Waals surface area contributed by atoms with Crippen LogP contribution >= 0.6 is 0 Å². The van der Waals surface area contributed by atoms with Crippen LogP contribution in [-0.2, 0) is 0 Å². The Balaban J connectivity index is 1.52. The van der Waals surface area contributed by atoms with Crippen molar-refractivity contribution in [1.29, 1.82) is 0 Å². The average molecular weight is 324 g/mol. The van der Waals surface area contributed by atoms with Gasteiger partial charge in [-0.1, -0.05) is 41.4 Å². The normalized spacial score (nSPS) is 23.4. The molecule has 1 heterocycles. The van der Waals surface area contributed by atoms with Gasteiger partial charge in [0.05, 0.1) is 0 Å². The molecule has 2 aliphatic carbocycles. The zero-order chi connectivity index (χ0) is 16.7. The molecule has 0 bridgehead atoms. The van der Waals surface area contributed by atoms with Gasteiger partial charge in [0.2, 0.25) is 0 Å². The molecule has 1 aromatic heterocycles. The van der Waals surface area contributed by atoms with Gasteiger partial charge in [-0.25, -0.2) is 0 Å². The molecule has 2 atom stereocenters. The highest BCUT2D eigenvalue weighted by atomic mass is 16.5. The topological polar surface area (TPSA) is 46.3 Å². The lowest BCUT2D eigenvalue weighted by Gasteiger charge is -2.29. The van der Waals surface area contributed by atoms with E-state index in [1.54, 1.807) is 0 Å². The van der Waals surface area contributed by atoms with Gasteiger partial charge in [-0.05, 0) is 38.2 Å². The van der Waals surface area contributed by atoms with Crippen molar-refractivity contribution in [2.24, 2.45) is 0 Å². The van der Waals surface area contributed by atoms with E-state index in [0.29, 0.717) is 17.5 Å². The van der Waals surface area contributed by atoms with E-state index in [0.717, 1.165) is 37.9 Å². The Hall–Kier alpha value is -2.10. The highest BCUT2D eigenvalue weighted by molar-refractivity contribution is 5.92. The van der Waals surface area contributed by atoms with Crippen LogP contribution in [0.25, 0.3) is 0 Å². The lowest BCUT2D eigenvalue weighted by molar-refractivity contribution is 0.0711. The van der Waals surface area contributed by atoms with Crippen molar-refractivity contribution in [1.82, 2.24) is 10.1 Å². The van der Waals surface area contributed by atoms with Crippen molar-refractivity contribution in [2.45, 2.75) is 56.9 Å². The van der Waals surface area contributed by atoms with E-state index in [-0.39, 0.29) is 11.9 Å². The van der Waals surface area contributed by atoms with Gasteiger partial charge in [0.15, 0.2) is 5.69 Å². The van der Waals surface area contributed by atoms with Crippen LogP contribution in [0.3, 0.4) is 0 Å². The zero-order valence-electron chi connectivity index (χ0n) is 14.4. The maximum atomic E-state index is 12.8. The SMILES string of the molecule is Cc1ccc([C@@H]2CCC[C@H]2N(C)C(=O)c2cc(C3CC3)on2)cc1. The summed E-state index contributed by atoms with van der Waals surface area (Å²) in [4.78, 5) is 14.7. The van der Waals surface area contributed by atoms with Crippen LogP contribution in [0.15, 0.2) is 34.9 Å². The lowest BCUT2D eigenvalue weighted by atomic mass is 9.92. The first-order valence-electron chi connectivity index (χ1n) is 8.94. The first kappa shape index (κ1) is 15.4. The minimum Gasteiger partial charge on any atom is -0.360 e. The predicted molar refractivity (Wildman–Crippen MR) is 92.1 cm³/mol. The van der Waals surface area contributed by atoms with Gasteiger partial charge in [0.1, 0.15) is 5.76 Å². The Morgan fingerprint density at radius 2 is 1.92 bits per heavy atom. The molecule has 0 spiro atoms. The Kier molecular flexibility index (Phi) is 3.91. The first-order chi connectivity index (χ1) is 11.6. The van der Waals surface area contributed by atoms with Gasteiger partial charge in [0, 0.05) is 31.0 Å². The third kappa shape index (κ3) is 2.85. The molecule has 4 nitrogen and oxygen atoms in total. The fraction of sp³-hybridized carbons (Fsp3) is 0.500. The van der Waals surface area contributed by atoms with Gasteiger partial charge in [-0.2, -0.15) is 0 Å². The van der Waals surface area contributed by atoms with Gasteiger partial charge >= 0.3 is 0 Å². The number of carbonyl (C=O) groups is 1. The third-order valence-electron chi connectivity index (χ3n) is 5.53. The second kappa shape index (κ2) is 6.08. The number of aryl methyl sites for hydroxylation is 1. The summed E-state index contributed by atoms with van der Waals surface area (Å²) in [5.74, 6) is 1.74. The van der Waals surface area contributed by atoms with Crippen LogP contribution in [0, 0.1) is 6.92 Å². The number of likely N-dealkylation sites (N-methyl/N-ethyl adjacent to an activating group) is 1. The summed E-state index contributed by atoms with van der Waals surface area (Å²) in [5.41, 5.74) is 3.06. The third-order valence-corrected chi connectivity index (χ3v) is 5.53. The maximum Gasteiger partial charge on any atom is 0.276 e. The van der Waals surface area contributed by atoms with Crippen LogP contribution in [0.1, 0.15) is 71.3 Å². The van der Waals surface area contributed by atoms with Crippen LogP contribution in [0.5, 0.6) is 0 Å². The molecule has 4 heteroatoms. The van der Waals surface area contributed by atoms with E-state index < -0.39 is 0 Å². The Labute approximate surface area is 142 Å². The molecule has 24 heavy (non-hydrogen) atoms. The Morgan fingerprint density at radius 1 is 1.17 bits per heavy atom. The summed E-state index contributed by atoms with van der Waals surface area (Å²) in [5, 5.41) is 4.01. The minimum absolute atomic E-state index is 0.0188. The highest BCUT2D eigenvalue weighted by Gasteiger charge is 2.35. The van der Waals surface area contributed by atoms with Crippen molar-refractivity contribution in [3.05, 3.63) is 52.9 Å². The van der Waals surface area contributed by atoms with E-state index >= 15 is 0 Å². The number of carbonyl (C=O) groups excluding carboxylic acids is 1. The van der Waals surface area contributed by atoms with Crippen molar-refractivity contribution >= 4 is 5.91 Å². The predicted octanol–water partition coefficient (Wildman–Crippen LogP) is 4.27. The van der Waals surface area contributed by atoms with Crippen LogP contribution in [0.4, 0.5) is 0 Å². The number of hydrogen-bond donors (Lipinski definition) is 0. The van der Waals surface area contributed by atoms with E-state index in [4.69, 9.17) is 4.52 Å². The molecule has 2 fully saturated rings. The molecule has 2 aliphatic rings. The molecule has 0 saturated heterocycles. The minimum atomic E-state index is -0.0188. The molecular formula is C20H24N2O2. The molecule has 0 aliphatic heterocycles. The van der Waals surface area contributed by atoms with Crippen molar-refractivity contribution in [3.63, 3.8) is 0 Å². The summed E-state index contributed by atoms with van der Waals surface area (Å²) in [7, 11) is 1.91. The molecule has 0 radical (unpaired) electrons. The van der Waals surface area contributed by atoms with Gasteiger partial charge < -0.3 is 9.42 Å². The van der Waals surface area contributed by atoms with Crippen LogP contribution in [-0.4, -0.2) is 29.1 Å². The molecule has 1 aromatic carbocycles. The van der Waals surface area contributed by atoms with Crippen LogP contribution < -0.4 is 0 Å². The number of nitrogens with zero attached hydrogens (tertiary/aromatic N) is 2. The second-order valence-electron chi connectivity index (χ2n) is 7.32. The number of hydrogen-bond acceptors (Lipinski definition) is 3. The standard InChI is InChI=1S/C20H24N2O2/c1-13-6-8-14(9-7-13)16-4-3-5-18(16)22(2)20(23)17-12-19(24-21-17)15-10-11-15/h6-9,12,15-16,18H,3-5,10-11H2,1-2H3/t16-,18+/m0/s1. The number of benzene rings is 1. The quantitative estimate of drug-likeness (QED) is 0.844. The molecule has 126 valence electrons.